The van der Waals surface area contributed by atoms with Crippen molar-refractivity contribution in [1.29, 1.82) is 0 Å². The van der Waals surface area contributed by atoms with Crippen LogP contribution < -0.4 is 9.80 Å². The molecule has 0 aliphatic heterocycles. The first-order valence-electron chi connectivity index (χ1n) is 25.5. The van der Waals surface area contributed by atoms with Gasteiger partial charge in [-0.05, 0) is 117 Å². The fraction of sp³-hybridized carbons (Fsp3) is 0.130. The second-order valence-electron chi connectivity index (χ2n) is 21.7. The van der Waals surface area contributed by atoms with Crippen LogP contribution >= 0.6 is 0 Å². The number of nitrogens with zero attached hydrogens (tertiary/aromatic N) is 2. The number of para-hydroxylation sites is 4. The van der Waals surface area contributed by atoms with E-state index in [1.54, 1.807) is 0 Å². The van der Waals surface area contributed by atoms with E-state index in [1.807, 2.05) is 0 Å². The summed E-state index contributed by atoms with van der Waals surface area (Å²) in [5.74, 6) is 0. The van der Waals surface area contributed by atoms with E-state index < -0.39 is 5.41 Å². The molecule has 0 bridgehead atoms. The number of anilines is 6. The van der Waals surface area contributed by atoms with Crippen molar-refractivity contribution < 1.29 is 8.83 Å². The molecule has 2 heterocycles. The van der Waals surface area contributed by atoms with Crippen molar-refractivity contribution >= 4 is 78.0 Å². The maximum atomic E-state index is 7.44. The third-order valence-corrected chi connectivity index (χ3v) is 15.2. The van der Waals surface area contributed by atoms with Crippen LogP contribution in [0.5, 0.6) is 0 Å². The number of furan rings is 2. The molecule has 0 saturated heterocycles. The quantitative estimate of drug-likeness (QED) is 0.152. The summed E-state index contributed by atoms with van der Waals surface area (Å²) < 4.78 is 14.9. The van der Waals surface area contributed by atoms with E-state index in [0.29, 0.717) is 0 Å². The Bertz CT molecular complexity index is 3740. The summed E-state index contributed by atoms with van der Waals surface area (Å²) in [6.45, 7) is 13.6. The second-order valence-corrected chi connectivity index (χ2v) is 21.7. The van der Waals surface area contributed by atoms with E-state index in [-0.39, 0.29) is 10.8 Å². The Kier molecular flexibility index (Phi) is 10.2. The lowest BCUT2D eigenvalue weighted by atomic mass is 9.67. The maximum absolute atomic E-state index is 7.44. The van der Waals surface area contributed by atoms with Gasteiger partial charge in [-0.15, -0.1) is 0 Å². The summed E-state index contributed by atoms with van der Waals surface area (Å²) in [7, 11) is 0. The highest BCUT2D eigenvalue weighted by atomic mass is 16.3. The summed E-state index contributed by atoms with van der Waals surface area (Å²) in [5, 5.41) is 4.18. The van der Waals surface area contributed by atoms with Gasteiger partial charge in [-0.25, -0.2) is 0 Å². The van der Waals surface area contributed by atoms with Crippen molar-refractivity contribution in [3.8, 4) is 11.1 Å². The van der Waals surface area contributed by atoms with Crippen molar-refractivity contribution in [3.63, 3.8) is 0 Å². The molecule has 1 aliphatic carbocycles. The van der Waals surface area contributed by atoms with E-state index in [1.165, 1.54) is 11.1 Å². The van der Waals surface area contributed by atoms with E-state index in [0.717, 1.165) is 111 Å². The summed E-state index contributed by atoms with van der Waals surface area (Å²) in [4.78, 5) is 4.86. The van der Waals surface area contributed by atoms with Crippen LogP contribution in [0.3, 0.4) is 0 Å². The molecule has 0 amide bonds. The Labute approximate surface area is 427 Å². The van der Waals surface area contributed by atoms with E-state index >= 15 is 0 Å². The highest BCUT2D eigenvalue weighted by molar-refractivity contribution is 6.25. The van der Waals surface area contributed by atoms with Gasteiger partial charge in [0.25, 0.3) is 0 Å². The molecule has 0 fully saturated rings. The van der Waals surface area contributed by atoms with Gasteiger partial charge in [-0.2, -0.15) is 0 Å². The molecule has 73 heavy (non-hydrogen) atoms. The Morgan fingerprint density at radius 1 is 0.342 bits per heavy atom. The zero-order valence-electron chi connectivity index (χ0n) is 42.2. The third kappa shape index (κ3) is 6.95. The minimum Gasteiger partial charge on any atom is -0.455 e. The average Bonchev–Trinajstić information content (AvgIpc) is 4.10. The summed E-state index contributed by atoms with van der Waals surface area (Å²) in [6.07, 6.45) is 0. The summed E-state index contributed by atoms with van der Waals surface area (Å²) >= 11 is 0. The van der Waals surface area contributed by atoms with Crippen molar-refractivity contribution in [2.75, 3.05) is 9.80 Å². The van der Waals surface area contributed by atoms with Gasteiger partial charge in [0.2, 0.25) is 0 Å². The molecule has 4 heteroatoms. The normalized spacial score (nSPS) is 13.2. The largest absolute Gasteiger partial charge is 0.455 e. The number of hydrogen-bond acceptors (Lipinski definition) is 4. The van der Waals surface area contributed by atoms with Gasteiger partial charge < -0.3 is 18.6 Å². The lowest BCUT2D eigenvalue weighted by Crippen LogP contribution is -2.29. The van der Waals surface area contributed by atoms with Crippen LogP contribution in [0.1, 0.15) is 74.9 Å². The zero-order chi connectivity index (χ0) is 49.6. The highest BCUT2D eigenvalue weighted by Gasteiger charge is 2.50. The van der Waals surface area contributed by atoms with Crippen LogP contribution in [0.2, 0.25) is 0 Å². The molecular weight excluding hydrogens is 889 g/mol. The van der Waals surface area contributed by atoms with Gasteiger partial charge >= 0.3 is 0 Å². The topological polar surface area (TPSA) is 32.8 Å². The van der Waals surface area contributed by atoms with E-state index in [9.17, 15) is 0 Å². The van der Waals surface area contributed by atoms with Crippen LogP contribution in [-0.2, 0) is 16.2 Å². The monoisotopic (exact) mass is 944 g/mol. The van der Waals surface area contributed by atoms with Gasteiger partial charge in [0.15, 0.2) is 0 Å². The van der Waals surface area contributed by atoms with Crippen LogP contribution in [0.25, 0.3) is 55.0 Å². The standard InChI is InChI=1S/C69H56N2O2/c1-67(2,3)45-35-39-51(40-36-45)70(49-27-15-9-16-28-49)57-43-55-63(65-61(57)53-31-19-21-33-59(53)72-65)64-56(69(55,47-23-11-7-12-24-47)48-25-13-8-14-26-48)44-58(62-54-32-20-22-34-60(54)73-66(62)64)71(50-29-17-10-18-30-50)52-41-37-46(38-42-52)68(4,5)6/h7-44H,1-6H3. The molecule has 12 aromatic rings. The highest BCUT2D eigenvalue weighted by Crippen LogP contribution is 2.64. The molecule has 13 rings (SSSR count). The smallest absolute Gasteiger partial charge is 0.145 e. The first kappa shape index (κ1) is 44.3. The first-order valence-corrected chi connectivity index (χ1v) is 25.5. The van der Waals surface area contributed by atoms with Crippen LogP contribution in [0.4, 0.5) is 34.1 Å². The van der Waals surface area contributed by atoms with Crippen LogP contribution in [-0.4, -0.2) is 0 Å². The number of hydrogen-bond donors (Lipinski definition) is 0. The van der Waals surface area contributed by atoms with Crippen molar-refractivity contribution in [1.82, 2.24) is 0 Å². The average molecular weight is 945 g/mol. The SMILES string of the molecule is CC(C)(C)c1ccc(N(c2ccccc2)c2cc3c(c4oc5ccccc5c24)-c2c(cc(N(c4ccccc4)c4ccc(C(C)(C)C)cc4)c4c2oc2ccccc24)C3(c2ccccc2)c2ccccc2)cc1. The molecule has 4 nitrogen and oxygen atoms in total. The minimum absolute atomic E-state index is 0.0126. The predicted molar refractivity (Wildman–Crippen MR) is 305 cm³/mol. The summed E-state index contributed by atoms with van der Waals surface area (Å²) in [6, 6.07) is 84.0. The molecule has 354 valence electrons. The summed E-state index contributed by atoms with van der Waals surface area (Å²) in [5.41, 5.74) is 17.8. The number of rotatable bonds is 8. The van der Waals surface area contributed by atoms with Gasteiger partial charge in [0, 0.05) is 44.6 Å². The van der Waals surface area contributed by atoms with E-state index in [4.69, 9.17) is 8.83 Å². The molecule has 0 radical (unpaired) electrons. The molecule has 0 saturated carbocycles. The van der Waals surface area contributed by atoms with Crippen LogP contribution in [0, 0.1) is 0 Å². The van der Waals surface area contributed by atoms with E-state index in [2.05, 4.69) is 282 Å². The fourth-order valence-corrected chi connectivity index (χ4v) is 11.7. The predicted octanol–water partition coefficient (Wildman–Crippen LogP) is 19.4. The maximum Gasteiger partial charge on any atom is 0.145 e. The Morgan fingerprint density at radius 3 is 1.01 bits per heavy atom. The molecule has 10 aromatic carbocycles. The van der Waals surface area contributed by atoms with Crippen molar-refractivity contribution in [2.24, 2.45) is 0 Å². The zero-order valence-corrected chi connectivity index (χ0v) is 42.2. The molecule has 0 N–H and O–H groups in total. The van der Waals surface area contributed by atoms with Gasteiger partial charge in [-0.1, -0.05) is 199 Å². The lowest BCUT2D eigenvalue weighted by Gasteiger charge is -2.36. The van der Waals surface area contributed by atoms with Gasteiger partial charge in [0.1, 0.15) is 22.3 Å². The molecule has 0 unspecified atom stereocenters. The third-order valence-electron chi connectivity index (χ3n) is 15.2. The van der Waals surface area contributed by atoms with Crippen molar-refractivity contribution in [2.45, 2.75) is 57.8 Å². The Hall–Kier alpha value is -8.60. The molecule has 2 aromatic heterocycles. The second kappa shape index (κ2) is 16.8. The molecule has 0 spiro atoms. The van der Waals surface area contributed by atoms with Crippen molar-refractivity contribution in [3.05, 3.63) is 264 Å². The molecular formula is C69H56N2O2. The Balaban J connectivity index is 1.23. The first-order chi connectivity index (χ1) is 35.5. The Morgan fingerprint density at radius 2 is 0.658 bits per heavy atom. The molecule has 1 aliphatic rings. The fourth-order valence-electron chi connectivity index (χ4n) is 11.7. The van der Waals surface area contributed by atoms with Crippen LogP contribution in [0.15, 0.2) is 239 Å². The number of benzene rings is 10. The number of fused-ring (bicyclic) bond motifs is 11. The lowest BCUT2D eigenvalue weighted by molar-refractivity contribution is 0.590. The minimum atomic E-state index is -0.867. The van der Waals surface area contributed by atoms with Gasteiger partial charge in [-0.3, -0.25) is 0 Å². The molecule has 0 atom stereocenters. The van der Waals surface area contributed by atoms with Gasteiger partial charge in [0.05, 0.1) is 27.6 Å².